The monoisotopic (exact) mass is 360 g/mol. The highest BCUT2D eigenvalue weighted by Gasteiger charge is 2.24. The summed E-state index contributed by atoms with van der Waals surface area (Å²) in [4.78, 5) is 16.8. The van der Waals surface area contributed by atoms with Crippen LogP contribution in [0.5, 0.6) is 11.5 Å². The Balaban J connectivity index is 1.58. The van der Waals surface area contributed by atoms with Crippen molar-refractivity contribution < 1.29 is 18.7 Å². The van der Waals surface area contributed by atoms with Crippen LogP contribution >= 0.6 is 0 Å². The van der Waals surface area contributed by atoms with Crippen LogP contribution in [-0.2, 0) is 13.0 Å². The van der Waals surface area contributed by atoms with Crippen molar-refractivity contribution >= 4 is 5.91 Å². The predicted molar refractivity (Wildman–Crippen MR) is 94.4 cm³/mol. The molecule has 0 N–H and O–H groups in total. The first-order valence-electron chi connectivity index (χ1n) is 8.69. The van der Waals surface area contributed by atoms with Crippen molar-refractivity contribution in [2.24, 2.45) is 0 Å². The van der Waals surface area contributed by atoms with Crippen LogP contribution in [0.1, 0.15) is 29.1 Å². The van der Waals surface area contributed by atoms with Crippen LogP contribution in [-0.4, -0.2) is 66.3 Å². The number of carbonyl (C=O) groups is 1. The highest BCUT2D eigenvalue weighted by molar-refractivity contribution is 5.95. The molecule has 3 rings (SSSR count). The Morgan fingerprint density at radius 1 is 1.08 bits per heavy atom. The fourth-order valence-electron chi connectivity index (χ4n) is 2.95. The highest BCUT2D eigenvalue weighted by atomic mass is 16.5. The molecule has 0 radical (unpaired) electrons. The lowest BCUT2D eigenvalue weighted by Crippen LogP contribution is -2.48. The van der Waals surface area contributed by atoms with Gasteiger partial charge < -0.3 is 18.8 Å². The molecule has 26 heavy (non-hydrogen) atoms. The zero-order valence-corrected chi connectivity index (χ0v) is 15.4. The van der Waals surface area contributed by atoms with Gasteiger partial charge in [-0.2, -0.15) is 0 Å². The second-order valence-corrected chi connectivity index (χ2v) is 6.08. The molecule has 8 nitrogen and oxygen atoms in total. The maximum Gasteiger partial charge on any atom is 0.254 e. The first kappa shape index (κ1) is 18.2. The normalized spacial score (nSPS) is 15.1. The van der Waals surface area contributed by atoms with Gasteiger partial charge in [0.1, 0.15) is 0 Å². The van der Waals surface area contributed by atoms with Gasteiger partial charge in [0.2, 0.25) is 11.8 Å². The molecule has 1 aromatic heterocycles. The molecule has 1 aromatic carbocycles. The van der Waals surface area contributed by atoms with Crippen LogP contribution < -0.4 is 9.47 Å². The Morgan fingerprint density at radius 3 is 2.38 bits per heavy atom. The van der Waals surface area contributed by atoms with Crippen molar-refractivity contribution in [1.82, 2.24) is 20.0 Å². The number of piperazine rings is 1. The van der Waals surface area contributed by atoms with Crippen LogP contribution in [0.4, 0.5) is 0 Å². The van der Waals surface area contributed by atoms with Gasteiger partial charge in [-0.1, -0.05) is 6.92 Å². The third-order valence-electron chi connectivity index (χ3n) is 4.46. The van der Waals surface area contributed by atoms with Crippen molar-refractivity contribution in [3.8, 4) is 11.5 Å². The Hall–Kier alpha value is -2.61. The summed E-state index contributed by atoms with van der Waals surface area (Å²) in [7, 11) is 3.14. The molecule has 140 valence electrons. The number of hydrogen-bond acceptors (Lipinski definition) is 7. The molecule has 1 amide bonds. The average molecular weight is 360 g/mol. The Kier molecular flexibility index (Phi) is 5.72. The Bertz CT molecular complexity index is 753. The van der Waals surface area contributed by atoms with Gasteiger partial charge in [-0.05, 0) is 18.2 Å². The van der Waals surface area contributed by atoms with Crippen molar-refractivity contribution in [2.75, 3.05) is 40.4 Å². The molecule has 1 aliphatic heterocycles. The molecule has 0 spiro atoms. The highest BCUT2D eigenvalue weighted by Crippen LogP contribution is 2.28. The van der Waals surface area contributed by atoms with Gasteiger partial charge in [0.15, 0.2) is 11.5 Å². The molecule has 0 atom stereocenters. The fraction of sp³-hybridized carbons (Fsp3) is 0.500. The molecular weight excluding hydrogens is 336 g/mol. The van der Waals surface area contributed by atoms with Gasteiger partial charge in [0.25, 0.3) is 5.91 Å². The van der Waals surface area contributed by atoms with E-state index in [4.69, 9.17) is 13.9 Å². The Labute approximate surface area is 152 Å². The summed E-state index contributed by atoms with van der Waals surface area (Å²) in [5.74, 6) is 2.44. The number of hydrogen-bond donors (Lipinski definition) is 0. The number of nitrogens with zero attached hydrogens (tertiary/aromatic N) is 4. The number of methoxy groups -OCH3 is 2. The molecule has 1 saturated heterocycles. The molecule has 2 aromatic rings. The summed E-state index contributed by atoms with van der Waals surface area (Å²) < 4.78 is 16.1. The van der Waals surface area contributed by atoms with Crippen LogP contribution in [0.15, 0.2) is 22.6 Å². The van der Waals surface area contributed by atoms with E-state index in [1.165, 1.54) is 0 Å². The number of aryl methyl sites for hydroxylation is 1. The summed E-state index contributed by atoms with van der Waals surface area (Å²) >= 11 is 0. The minimum atomic E-state index is -0.00309. The van der Waals surface area contributed by atoms with Crippen LogP contribution in [0, 0.1) is 0 Å². The molecule has 0 aliphatic carbocycles. The van der Waals surface area contributed by atoms with E-state index < -0.39 is 0 Å². The van der Waals surface area contributed by atoms with Gasteiger partial charge in [-0.3, -0.25) is 9.69 Å². The smallest absolute Gasteiger partial charge is 0.254 e. The summed E-state index contributed by atoms with van der Waals surface area (Å²) in [5.41, 5.74) is 0.598. The first-order chi connectivity index (χ1) is 12.6. The lowest BCUT2D eigenvalue weighted by atomic mass is 10.1. The maximum absolute atomic E-state index is 12.7. The minimum absolute atomic E-state index is 0.00309. The van der Waals surface area contributed by atoms with Crippen molar-refractivity contribution in [2.45, 2.75) is 19.9 Å². The quantitative estimate of drug-likeness (QED) is 0.774. The number of benzene rings is 1. The van der Waals surface area contributed by atoms with E-state index in [9.17, 15) is 4.79 Å². The van der Waals surface area contributed by atoms with Gasteiger partial charge in [-0.15, -0.1) is 10.2 Å². The molecule has 0 unspecified atom stereocenters. The Morgan fingerprint density at radius 2 is 1.77 bits per heavy atom. The van der Waals surface area contributed by atoms with Gasteiger partial charge in [-0.25, -0.2) is 0 Å². The SMILES string of the molecule is CCc1nnc(CN2CCN(C(=O)c3ccc(OC)c(OC)c3)CC2)o1. The van der Waals surface area contributed by atoms with Crippen molar-refractivity contribution in [3.05, 3.63) is 35.5 Å². The zero-order valence-electron chi connectivity index (χ0n) is 15.4. The van der Waals surface area contributed by atoms with Gasteiger partial charge in [0, 0.05) is 38.2 Å². The lowest BCUT2D eigenvalue weighted by Gasteiger charge is -2.34. The largest absolute Gasteiger partial charge is 0.493 e. The van der Waals surface area contributed by atoms with E-state index in [0.29, 0.717) is 48.5 Å². The fourth-order valence-corrected chi connectivity index (χ4v) is 2.95. The first-order valence-corrected chi connectivity index (χ1v) is 8.69. The van der Waals surface area contributed by atoms with E-state index in [1.807, 2.05) is 11.8 Å². The standard InChI is InChI=1S/C18H24N4O4/c1-4-16-19-20-17(26-16)12-21-7-9-22(10-8-21)18(23)13-5-6-14(24-2)15(11-13)25-3/h5-6,11H,4,7-10,12H2,1-3H3. The topological polar surface area (TPSA) is 80.9 Å². The number of amides is 1. The maximum atomic E-state index is 12.7. The molecule has 8 heteroatoms. The average Bonchev–Trinajstić information content (AvgIpc) is 3.15. The molecule has 2 heterocycles. The van der Waals surface area contributed by atoms with Crippen molar-refractivity contribution in [1.29, 1.82) is 0 Å². The number of rotatable bonds is 6. The summed E-state index contributed by atoms with van der Waals surface area (Å²) in [6.07, 6.45) is 0.737. The van der Waals surface area contributed by atoms with Crippen LogP contribution in [0.3, 0.4) is 0 Å². The third-order valence-corrected chi connectivity index (χ3v) is 4.46. The van der Waals surface area contributed by atoms with E-state index in [0.717, 1.165) is 19.5 Å². The minimum Gasteiger partial charge on any atom is -0.493 e. The van der Waals surface area contributed by atoms with Crippen molar-refractivity contribution in [3.63, 3.8) is 0 Å². The molecule has 1 fully saturated rings. The number of carbonyl (C=O) groups excluding carboxylic acids is 1. The molecule has 0 bridgehead atoms. The van der Waals surface area contributed by atoms with Gasteiger partial charge in [0.05, 0.1) is 20.8 Å². The molecular formula is C18H24N4O4. The van der Waals surface area contributed by atoms with Crippen LogP contribution in [0.2, 0.25) is 0 Å². The van der Waals surface area contributed by atoms with E-state index in [1.54, 1.807) is 32.4 Å². The van der Waals surface area contributed by atoms with Crippen LogP contribution in [0.25, 0.3) is 0 Å². The van der Waals surface area contributed by atoms with E-state index in [2.05, 4.69) is 15.1 Å². The van der Waals surface area contributed by atoms with Gasteiger partial charge >= 0.3 is 0 Å². The zero-order chi connectivity index (χ0) is 18.5. The summed E-state index contributed by atoms with van der Waals surface area (Å²) in [5, 5.41) is 8.04. The number of aromatic nitrogens is 2. The lowest BCUT2D eigenvalue weighted by molar-refractivity contribution is 0.0617. The van der Waals surface area contributed by atoms with E-state index in [-0.39, 0.29) is 5.91 Å². The number of ether oxygens (including phenoxy) is 2. The molecule has 0 saturated carbocycles. The molecule has 1 aliphatic rings. The third kappa shape index (κ3) is 3.96. The van der Waals surface area contributed by atoms with E-state index >= 15 is 0 Å². The second-order valence-electron chi connectivity index (χ2n) is 6.08. The predicted octanol–water partition coefficient (Wildman–Crippen LogP) is 1.61. The second kappa shape index (κ2) is 8.18. The summed E-state index contributed by atoms with van der Waals surface area (Å²) in [6, 6.07) is 5.24. The summed E-state index contributed by atoms with van der Waals surface area (Å²) in [6.45, 7) is 5.44.